The Balaban J connectivity index is 2.05. The van der Waals surface area contributed by atoms with E-state index in [1.54, 1.807) is 0 Å². The molecular formula is C10H15N2O4P3. The summed E-state index contributed by atoms with van der Waals surface area (Å²) in [7, 11) is 1.26. The molecule has 1 N–H and O–H groups in total. The minimum absolute atomic E-state index is 0.0939. The number of aromatic amines is 1. The van der Waals surface area contributed by atoms with Gasteiger partial charge in [0.2, 0.25) is 0 Å². The molecule has 3 unspecified atom stereocenters. The lowest BCUT2D eigenvalue weighted by atomic mass is 10.1. The van der Waals surface area contributed by atoms with E-state index in [9.17, 15) is 14.2 Å². The van der Waals surface area contributed by atoms with Crippen LogP contribution in [-0.2, 0) is 9.30 Å². The first-order valence-electron chi connectivity index (χ1n) is 5.89. The smallest absolute Gasteiger partial charge is 0.330 e. The maximum absolute atomic E-state index is 11.7. The largest absolute Gasteiger partial charge is 0.354 e. The molecule has 0 amide bonds. The zero-order valence-corrected chi connectivity index (χ0v) is 13.2. The SMILES string of the molecule is CC1C[C@H](n2ccc(=O)[nH]c2=O)O[C@@H]1CPPP=O. The molecule has 0 aliphatic carbocycles. The summed E-state index contributed by atoms with van der Waals surface area (Å²) in [5.74, 6) is 0.351. The van der Waals surface area contributed by atoms with Gasteiger partial charge in [-0.3, -0.25) is 18.9 Å². The molecule has 0 saturated carbocycles. The Kier molecular flexibility index (Phi) is 5.41. The zero-order chi connectivity index (χ0) is 13.8. The molecule has 1 aliphatic rings. The average molecular weight is 320 g/mol. The van der Waals surface area contributed by atoms with E-state index in [2.05, 4.69) is 11.9 Å². The van der Waals surface area contributed by atoms with Crippen molar-refractivity contribution in [1.82, 2.24) is 9.55 Å². The second-order valence-corrected chi connectivity index (χ2v) is 9.90. The number of hydrogen-bond donors (Lipinski definition) is 1. The molecule has 5 atom stereocenters. The van der Waals surface area contributed by atoms with Gasteiger partial charge >= 0.3 is 5.69 Å². The molecule has 0 aromatic carbocycles. The number of hydrogen-bond acceptors (Lipinski definition) is 4. The summed E-state index contributed by atoms with van der Waals surface area (Å²) in [6, 6.07) is 1.32. The van der Waals surface area contributed by atoms with Gasteiger partial charge in [-0.05, 0) is 26.5 Å². The number of nitrogens with one attached hydrogen (secondary N) is 1. The predicted molar refractivity (Wildman–Crippen MR) is 78.1 cm³/mol. The number of H-pyrrole nitrogens is 1. The number of rotatable bonds is 5. The van der Waals surface area contributed by atoms with Crippen LogP contribution >= 0.6 is 24.4 Å². The third-order valence-corrected chi connectivity index (χ3v) is 7.59. The molecule has 1 aromatic rings. The maximum atomic E-state index is 11.7. The lowest BCUT2D eigenvalue weighted by Gasteiger charge is -2.15. The highest BCUT2D eigenvalue weighted by Gasteiger charge is 2.33. The fraction of sp³-hybridized carbons (Fsp3) is 0.600. The molecule has 6 nitrogen and oxygen atoms in total. The lowest BCUT2D eigenvalue weighted by molar-refractivity contribution is 0.00519. The van der Waals surface area contributed by atoms with Gasteiger partial charge in [-0.25, -0.2) is 4.79 Å². The molecule has 19 heavy (non-hydrogen) atoms. The van der Waals surface area contributed by atoms with Gasteiger partial charge in [-0.2, -0.15) is 0 Å². The summed E-state index contributed by atoms with van der Waals surface area (Å²) >= 11 is 0. The van der Waals surface area contributed by atoms with Gasteiger partial charge < -0.3 is 4.74 Å². The Labute approximate surface area is 114 Å². The second-order valence-electron chi connectivity index (χ2n) is 4.44. The van der Waals surface area contributed by atoms with Crippen molar-refractivity contribution < 1.29 is 9.30 Å². The van der Waals surface area contributed by atoms with Crippen LogP contribution in [0.1, 0.15) is 19.6 Å². The quantitative estimate of drug-likeness (QED) is 0.664. The van der Waals surface area contributed by atoms with Gasteiger partial charge in [0.05, 0.1) is 6.10 Å². The van der Waals surface area contributed by atoms with Gasteiger partial charge in [0.25, 0.3) is 5.56 Å². The van der Waals surface area contributed by atoms with Crippen molar-refractivity contribution in [2.45, 2.75) is 25.7 Å². The molecule has 0 bridgehead atoms. The summed E-state index contributed by atoms with van der Waals surface area (Å²) in [6.45, 7) is 2.09. The number of ether oxygens (including phenoxy) is 1. The first-order chi connectivity index (χ1) is 9.11. The molecule has 1 saturated heterocycles. The highest BCUT2D eigenvalue weighted by Crippen LogP contribution is 2.49. The predicted octanol–water partition coefficient (Wildman–Crippen LogP) is 1.94. The molecule has 104 valence electrons. The van der Waals surface area contributed by atoms with E-state index in [1.807, 2.05) is 0 Å². The van der Waals surface area contributed by atoms with Crippen molar-refractivity contribution in [3.8, 4) is 0 Å². The van der Waals surface area contributed by atoms with Crippen molar-refractivity contribution in [2.75, 3.05) is 6.16 Å². The van der Waals surface area contributed by atoms with Gasteiger partial charge in [0, 0.05) is 12.3 Å². The zero-order valence-electron chi connectivity index (χ0n) is 10.3. The highest BCUT2D eigenvalue weighted by molar-refractivity contribution is 8.40. The Morgan fingerprint density at radius 2 is 2.37 bits per heavy atom. The molecule has 1 aromatic heterocycles. The first-order valence-corrected chi connectivity index (χ1v) is 10.7. The molecule has 0 spiro atoms. The minimum atomic E-state index is -0.437. The summed E-state index contributed by atoms with van der Waals surface area (Å²) in [5.41, 5.74) is -0.839. The highest BCUT2D eigenvalue weighted by atomic mass is 32.4. The Bertz CT molecular complexity index is 558. The monoisotopic (exact) mass is 320 g/mol. The molecule has 1 aliphatic heterocycles. The van der Waals surface area contributed by atoms with E-state index in [-0.39, 0.29) is 20.5 Å². The van der Waals surface area contributed by atoms with E-state index in [4.69, 9.17) is 4.74 Å². The fourth-order valence-corrected chi connectivity index (χ4v) is 5.45. The average Bonchev–Trinajstić information content (AvgIpc) is 2.71. The molecular weight excluding hydrogens is 305 g/mol. The van der Waals surface area contributed by atoms with Crippen molar-refractivity contribution in [3.63, 3.8) is 0 Å². The van der Waals surface area contributed by atoms with Crippen LogP contribution in [0.3, 0.4) is 0 Å². The van der Waals surface area contributed by atoms with Crippen molar-refractivity contribution in [2.24, 2.45) is 5.92 Å². The van der Waals surface area contributed by atoms with Crippen LogP contribution in [0.25, 0.3) is 0 Å². The number of nitrogens with zero attached hydrogens (tertiary/aromatic N) is 1. The third-order valence-electron chi connectivity index (χ3n) is 3.13. The molecule has 1 fully saturated rings. The van der Waals surface area contributed by atoms with Gasteiger partial charge in [-0.1, -0.05) is 15.2 Å². The van der Waals surface area contributed by atoms with Gasteiger partial charge in [0.1, 0.15) is 6.23 Å². The third kappa shape index (κ3) is 3.79. The normalized spacial score (nSPS) is 28.2. The fourth-order valence-electron chi connectivity index (χ4n) is 2.12. The van der Waals surface area contributed by atoms with E-state index in [1.165, 1.54) is 16.8 Å². The second kappa shape index (κ2) is 6.85. The van der Waals surface area contributed by atoms with Crippen LogP contribution in [0.4, 0.5) is 0 Å². The number of aromatic nitrogens is 2. The molecule has 9 heteroatoms. The Hall–Kier alpha value is -0.400. The van der Waals surface area contributed by atoms with Crippen LogP contribution in [0.5, 0.6) is 0 Å². The van der Waals surface area contributed by atoms with E-state index >= 15 is 0 Å². The van der Waals surface area contributed by atoms with Crippen molar-refractivity contribution in [1.29, 1.82) is 0 Å². The lowest BCUT2D eigenvalue weighted by Crippen LogP contribution is -2.31. The van der Waals surface area contributed by atoms with E-state index < -0.39 is 11.2 Å². The summed E-state index contributed by atoms with van der Waals surface area (Å²) in [4.78, 5) is 24.9. The molecule has 2 heterocycles. The van der Waals surface area contributed by atoms with Crippen LogP contribution in [0.15, 0.2) is 21.9 Å². The summed E-state index contributed by atoms with van der Waals surface area (Å²) < 4.78 is 17.7. The summed E-state index contributed by atoms with van der Waals surface area (Å²) in [5, 5.41) is 0. The maximum Gasteiger partial charge on any atom is 0.330 e. The Morgan fingerprint density at radius 1 is 1.58 bits per heavy atom. The van der Waals surface area contributed by atoms with Crippen LogP contribution in [0.2, 0.25) is 0 Å². The van der Waals surface area contributed by atoms with E-state index in [0.29, 0.717) is 22.1 Å². The molecule has 2 rings (SSSR count). The van der Waals surface area contributed by atoms with Crippen LogP contribution in [-0.4, -0.2) is 21.8 Å². The van der Waals surface area contributed by atoms with Crippen LogP contribution < -0.4 is 11.2 Å². The summed E-state index contributed by atoms with van der Waals surface area (Å²) in [6.07, 6.45) is 2.88. The van der Waals surface area contributed by atoms with Crippen molar-refractivity contribution >= 4 is 24.4 Å². The van der Waals surface area contributed by atoms with Gasteiger partial charge in [-0.15, -0.1) is 0 Å². The Morgan fingerprint density at radius 3 is 3.05 bits per heavy atom. The standard InChI is InChI=1S/C10H15N2O4P3/c1-6-4-9(16-7(6)5-17-19-18-15)12-3-2-8(13)11-10(12)14/h2-3,6-7,9,17,19H,4-5H2,1H3,(H,11,13,14)/t6?,7-,9-/m1/s1. The first kappa shape index (κ1) is 15.0. The molecule has 0 radical (unpaired) electrons. The van der Waals surface area contributed by atoms with Crippen molar-refractivity contribution in [3.05, 3.63) is 33.1 Å². The topological polar surface area (TPSA) is 81.2 Å². The minimum Gasteiger partial charge on any atom is -0.354 e. The van der Waals surface area contributed by atoms with E-state index in [0.717, 1.165) is 12.6 Å². The van der Waals surface area contributed by atoms with Crippen LogP contribution in [0, 0.1) is 5.92 Å². The van der Waals surface area contributed by atoms with Gasteiger partial charge in [0.15, 0.2) is 8.15 Å².